The van der Waals surface area contributed by atoms with Gasteiger partial charge < -0.3 is 14.5 Å². The molecule has 0 aromatic carbocycles. The van der Waals surface area contributed by atoms with Crippen LogP contribution in [0.5, 0.6) is 0 Å². The van der Waals surface area contributed by atoms with E-state index in [9.17, 15) is 0 Å². The van der Waals surface area contributed by atoms with Crippen molar-refractivity contribution in [2.75, 3.05) is 13.2 Å². The summed E-state index contributed by atoms with van der Waals surface area (Å²) in [6.45, 7) is 4.09. The van der Waals surface area contributed by atoms with E-state index in [4.69, 9.17) is 9.15 Å². The molecule has 1 fully saturated rings. The zero-order valence-electron chi connectivity index (χ0n) is 11.0. The van der Waals surface area contributed by atoms with Crippen molar-refractivity contribution >= 4 is 15.9 Å². The number of hydrogen-bond donors (Lipinski definition) is 1. The molecule has 102 valence electrons. The molecule has 2 atom stereocenters. The largest absolute Gasteiger partial charge is 0.466 e. The highest BCUT2D eigenvalue weighted by Crippen LogP contribution is 2.30. The Bertz CT molecular complexity index is 347. The Morgan fingerprint density at radius 3 is 3.00 bits per heavy atom. The van der Waals surface area contributed by atoms with Crippen molar-refractivity contribution < 1.29 is 9.15 Å². The second kappa shape index (κ2) is 7.31. The Balaban J connectivity index is 1.98. The van der Waals surface area contributed by atoms with Crippen molar-refractivity contribution in [3.05, 3.63) is 22.6 Å². The normalized spacial score (nSPS) is 22.0. The predicted octanol–water partition coefficient (Wildman–Crippen LogP) is 4.04. The SMILES string of the molecule is CCCNC(CC1CCCCO1)c1occc1Br. The zero-order chi connectivity index (χ0) is 12.8. The van der Waals surface area contributed by atoms with Gasteiger partial charge in [0.25, 0.3) is 0 Å². The highest BCUT2D eigenvalue weighted by atomic mass is 79.9. The third kappa shape index (κ3) is 3.84. The second-order valence-electron chi connectivity index (χ2n) is 4.86. The average molecular weight is 316 g/mol. The van der Waals surface area contributed by atoms with Gasteiger partial charge in [-0.2, -0.15) is 0 Å². The Hall–Kier alpha value is -0.320. The van der Waals surface area contributed by atoms with Gasteiger partial charge in [-0.25, -0.2) is 0 Å². The van der Waals surface area contributed by atoms with Crippen LogP contribution in [0.25, 0.3) is 0 Å². The summed E-state index contributed by atoms with van der Waals surface area (Å²) >= 11 is 3.55. The average Bonchev–Trinajstić information content (AvgIpc) is 2.82. The summed E-state index contributed by atoms with van der Waals surface area (Å²) in [6.07, 6.45) is 7.88. The van der Waals surface area contributed by atoms with E-state index in [2.05, 4.69) is 28.2 Å². The smallest absolute Gasteiger partial charge is 0.134 e. The first-order valence-electron chi connectivity index (χ1n) is 6.89. The molecule has 1 aromatic heterocycles. The van der Waals surface area contributed by atoms with E-state index in [0.717, 1.165) is 36.2 Å². The van der Waals surface area contributed by atoms with Crippen LogP contribution in [0, 0.1) is 0 Å². The summed E-state index contributed by atoms with van der Waals surface area (Å²) in [5, 5.41) is 3.56. The minimum atomic E-state index is 0.248. The molecule has 1 saturated heterocycles. The highest BCUT2D eigenvalue weighted by Gasteiger charge is 2.23. The molecule has 1 aliphatic heterocycles. The highest BCUT2D eigenvalue weighted by molar-refractivity contribution is 9.10. The van der Waals surface area contributed by atoms with Gasteiger partial charge in [0, 0.05) is 6.61 Å². The van der Waals surface area contributed by atoms with Crippen LogP contribution in [-0.2, 0) is 4.74 Å². The lowest BCUT2D eigenvalue weighted by atomic mass is 10.0. The third-order valence-corrected chi connectivity index (χ3v) is 4.03. The van der Waals surface area contributed by atoms with Crippen LogP contribution in [0.15, 0.2) is 21.2 Å². The molecule has 1 aromatic rings. The predicted molar refractivity (Wildman–Crippen MR) is 75.7 cm³/mol. The van der Waals surface area contributed by atoms with Crippen molar-refractivity contribution in [2.45, 2.75) is 51.2 Å². The zero-order valence-corrected chi connectivity index (χ0v) is 12.5. The van der Waals surface area contributed by atoms with Crippen molar-refractivity contribution in [2.24, 2.45) is 0 Å². The van der Waals surface area contributed by atoms with E-state index in [1.807, 2.05) is 6.07 Å². The third-order valence-electron chi connectivity index (χ3n) is 3.37. The molecular weight excluding hydrogens is 294 g/mol. The van der Waals surface area contributed by atoms with Crippen LogP contribution in [0.3, 0.4) is 0 Å². The van der Waals surface area contributed by atoms with Crippen molar-refractivity contribution in [3.63, 3.8) is 0 Å². The summed E-state index contributed by atoms with van der Waals surface area (Å²) in [6, 6.07) is 2.20. The molecule has 2 unspecified atom stereocenters. The minimum absolute atomic E-state index is 0.248. The summed E-state index contributed by atoms with van der Waals surface area (Å²) in [5.74, 6) is 0.998. The monoisotopic (exact) mass is 315 g/mol. The standard InChI is InChI=1S/C14H22BrNO2/c1-2-7-16-13(14-12(15)6-9-18-14)10-11-5-3-4-8-17-11/h6,9,11,13,16H,2-5,7-8,10H2,1H3. The maximum Gasteiger partial charge on any atom is 0.134 e. The lowest BCUT2D eigenvalue weighted by molar-refractivity contribution is 0.00368. The fraction of sp³-hybridized carbons (Fsp3) is 0.714. The first-order valence-corrected chi connectivity index (χ1v) is 7.68. The summed E-state index contributed by atoms with van der Waals surface area (Å²) in [5.41, 5.74) is 0. The van der Waals surface area contributed by atoms with E-state index in [0.29, 0.717) is 6.10 Å². The van der Waals surface area contributed by atoms with E-state index in [1.54, 1.807) is 6.26 Å². The number of nitrogens with one attached hydrogen (secondary N) is 1. The van der Waals surface area contributed by atoms with Crippen LogP contribution in [0.2, 0.25) is 0 Å². The molecule has 0 bridgehead atoms. The first-order chi connectivity index (χ1) is 8.81. The maximum atomic E-state index is 5.83. The topological polar surface area (TPSA) is 34.4 Å². The second-order valence-corrected chi connectivity index (χ2v) is 5.72. The van der Waals surface area contributed by atoms with Crippen LogP contribution >= 0.6 is 15.9 Å². The van der Waals surface area contributed by atoms with E-state index >= 15 is 0 Å². The van der Waals surface area contributed by atoms with E-state index in [1.165, 1.54) is 19.3 Å². The molecule has 2 heterocycles. The lowest BCUT2D eigenvalue weighted by Gasteiger charge is -2.27. The number of rotatable bonds is 6. The van der Waals surface area contributed by atoms with Gasteiger partial charge in [0.15, 0.2) is 0 Å². The van der Waals surface area contributed by atoms with E-state index in [-0.39, 0.29) is 6.04 Å². The summed E-state index contributed by atoms with van der Waals surface area (Å²) < 4.78 is 12.5. The van der Waals surface area contributed by atoms with Crippen LogP contribution in [-0.4, -0.2) is 19.3 Å². The van der Waals surface area contributed by atoms with Crippen LogP contribution in [0.4, 0.5) is 0 Å². The Morgan fingerprint density at radius 1 is 1.50 bits per heavy atom. The minimum Gasteiger partial charge on any atom is -0.466 e. The Morgan fingerprint density at radius 2 is 2.39 bits per heavy atom. The molecule has 3 nitrogen and oxygen atoms in total. The van der Waals surface area contributed by atoms with Gasteiger partial charge in [-0.3, -0.25) is 0 Å². The van der Waals surface area contributed by atoms with Gasteiger partial charge in [0.1, 0.15) is 5.76 Å². The quantitative estimate of drug-likeness (QED) is 0.860. The fourth-order valence-corrected chi connectivity index (χ4v) is 2.89. The molecule has 18 heavy (non-hydrogen) atoms. The first kappa shape index (κ1) is 14.1. The number of halogens is 1. The molecule has 0 spiro atoms. The van der Waals surface area contributed by atoms with Gasteiger partial charge in [0.05, 0.1) is 22.9 Å². The lowest BCUT2D eigenvalue weighted by Crippen LogP contribution is -2.29. The van der Waals surface area contributed by atoms with E-state index < -0.39 is 0 Å². The molecule has 0 saturated carbocycles. The number of ether oxygens (including phenoxy) is 1. The van der Waals surface area contributed by atoms with Crippen LogP contribution < -0.4 is 5.32 Å². The van der Waals surface area contributed by atoms with Crippen molar-refractivity contribution in [1.29, 1.82) is 0 Å². The Kier molecular flexibility index (Phi) is 5.73. The molecule has 2 rings (SSSR count). The van der Waals surface area contributed by atoms with Gasteiger partial charge in [-0.1, -0.05) is 6.92 Å². The summed E-state index contributed by atoms with van der Waals surface area (Å²) in [7, 11) is 0. The Labute approximate surface area is 117 Å². The van der Waals surface area contributed by atoms with Crippen molar-refractivity contribution in [3.8, 4) is 0 Å². The number of hydrogen-bond acceptors (Lipinski definition) is 3. The maximum absolute atomic E-state index is 5.83. The molecule has 1 aliphatic rings. The van der Waals surface area contributed by atoms with Gasteiger partial charge in [-0.15, -0.1) is 0 Å². The molecule has 0 amide bonds. The molecular formula is C14H22BrNO2. The van der Waals surface area contributed by atoms with Crippen LogP contribution in [0.1, 0.15) is 50.8 Å². The van der Waals surface area contributed by atoms with Gasteiger partial charge in [-0.05, 0) is 60.6 Å². The van der Waals surface area contributed by atoms with Gasteiger partial charge >= 0.3 is 0 Å². The van der Waals surface area contributed by atoms with Crippen molar-refractivity contribution in [1.82, 2.24) is 5.32 Å². The number of furan rings is 1. The fourth-order valence-electron chi connectivity index (χ4n) is 2.41. The van der Waals surface area contributed by atoms with Gasteiger partial charge in [0.2, 0.25) is 0 Å². The molecule has 4 heteroatoms. The summed E-state index contributed by atoms with van der Waals surface area (Å²) in [4.78, 5) is 0. The molecule has 0 radical (unpaired) electrons. The molecule has 1 N–H and O–H groups in total. The molecule has 0 aliphatic carbocycles.